The van der Waals surface area contributed by atoms with Gasteiger partial charge in [0.2, 0.25) is 5.91 Å². The number of amides is 1. The molecule has 0 bridgehead atoms. The van der Waals surface area contributed by atoms with Crippen LogP contribution in [0.25, 0.3) is 11.4 Å². The van der Waals surface area contributed by atoms with Crippen molar-refractivity contribution in [2.45, 2.75) is 32.4 Å². The maximum absolute atomic E-state index is 13.5. The summed E-state index contributed by atoms with van der Waals surface area (Å²) in [6.07, 6.45) is -2.56. The molecular weight excluding hydrogens is 393 g/mol. The Balaban J connectivity index is 1.99. The van der Waals surface area contributed by atoms with E-state index in [1.165, 1.54) is 28.9 Å². The van der Waals surface area contributed by atoms with Crippen LogP contribution in [0.15, 0.2) is 66.9 Å². The van der Waals surface area contributed by atoms with Crippen molar-refractivity contribution in [1.82, 2.24) is 14.8 Å². The molecule has 1 aromatic carbocycles. The number of alkyl halides is 3. The van der Waals surface area contributed by atoms with Gasteiger partial charge in [0.15, 0.2) is 5.82 Å². The van der Waals surface area contributed by atoms with Gasteiger partial charge in [-0.05, 0) is 17.7 Å². The number of hydrogen-bond acceptors (Lipinski definition) is 3. The molecule has 8 heteroatoms. The largest absolute Gasteiger partial charge is 0.417 e. The molecule has 2 heterocycles. The van der Waals surface area contributed by atoms with E-state index in [2.05, 4.69) is 15.4 Å². The highest BCUT2D eigenvalue weighted by molar-refractivity contribution is 6.04. The van der Waals surface area contributed by atoms with Gasteiger partial charge in [-0.15, -0.1) is 0 Å². The van der Waals surface area contributed by atoms with Crippen molar-refractivity contribution in [2.75, 3.05) is 5.32 Å². The minimum Gasteiger partial charge on any atom is -0.307 e. The number of nitrogens with one attached hydrogen (secondary N) is 1. The zero-order chi connectivity index (χ0) is 21.9. The van der Waals surface area contributed by atoms with E-state index in [9.17, 15) is 18.0 Å². The second-order valence-electron chi connectivity index (χ2n) is 7.68. The zero-order valence-corrected chi connectivity index (χ0v) is 16.7. The van der Waals surface area contributed by atoms with Gasteiger partial charge in [0, 0.05) is 23.8 Å². The summed E-state index contributed by atoms with van der Waals surface area (Å²) in [5.74, 6) is -0.246. The predicted molar refractivity (Wildman–Crippen MR) is 109 cm³/mol. The predicted octanol–water partition coefficient (Wildman–Crippen LogP) is 5.15. The van der Waals surface area contributed by atoms with Gasteiger partial charge < -0.3 is 5.32 Å². The molecule has 0 aliphatic heterocycles. The number of anilines is 1. The first-order valence-electron chi connectivity index (χ1n) is 9.23. The molecule has 0 aliphatic carbocycles. The third-order valence-corrected chi connectivity index (χ3v) is 4.26. The first-order chi connectivity index (χ1) is 14.1. The minimum atomic E-state index is -4.68. The molecular formula is C22H21F3N4O. The molecule has 2 aromatic heterocycles. The molecule has 3 rings (SSSR count). The second kappa shape index (κ2) is 8.14. The van der Waals surface area contributed by atoms with Crippen LogP contribution in [0.3, 0.4) is 0 Å². The number of rotatable bonds is 4. The lowest BCUT2D eigenvalue weighted by Gasteiger charge is -2.13. The number of carbonyl (C=O) groups excluding carboxylic acids is 1. The molecule has 0 saturated heterocycles. The van der Waals surface area contributed by atoms with Gasteiger partial charge in [-0.2, -0.15) is 23.0 Å². The zero-order valence-electron chi connectivity index (χ0n) is 16.7. The lowest BCUT2D eigenvalue weighted by atomic mass is 9.92. The number of pyridine rings is 1. The molecule has 1 amide bonds. The van der Waals surface area contributed by atoms with Gasteiger partial charge in [0.25, 0.3) is 0 Å². The lowest BCUT2D eigenvalue weighted by Crippen LogP contribution is -2.17. The van der Waals surface area contributed by atoms with Gasteiger partial charge in [0.05, 0.1) is 11.3 Å². The molecule has 0 radical (unpaired) electrons. The van der Waals surface area contributed by atoms with Gasteiger partial charge in [0.1, 0.15) is 5.82 Å². The van der Waals surface area contributed by atoms with Gasteiger partial charge in [-0.3, -0.25) is 4.79 Å². The quantitative estimate of drug-likeness (QED) is 0.601. The van der Waals surface area contributed by atoms with Crippen molar-refractivity contribution in [2.24, 2.45) is 0 Å². The Morgan fingerprint density at radius 1 is 1.03 bits per heavy atom. The maximum atomic E-state index is 13.5. The van der Waals surface area contributed by atoms with Crippen molar-refractivity contribution >= 4 is 17.3 Å². The number of benzene rings is 1. The number of hydrogen-bond donors (Lipinski definition) is 1. The third-order valence-electron chi connectivity index (χ3n) is 4.26. The maximum Gasteiger partial charge on any atom is 0.417 e. The highest BCUT2D eigenvalue weighted by Crippen LogP contribution is 2.34. The smallest absolute Gasteiger partial charge is 0.307 e. The van der Waals surface area contributed by atoms with E-state index < -0.39 is 17.7 Å². The summed E-state index contributed by atoms with van der Waals surface area (Å²) < 4.78 is 42.0. The van der Waals surface area contributed by atoms with Crippen molar-refractivity contribution < 1.29 is 18.0 Å². The molecule has 0 fully saturated rings. The fraction of sp³-hybridized carbons (Fsp3) is 0.227. The molecule has 3 aromatic rings. The fourth-order valence-corrected chi connectivity index (χ4v) is 2.73. The summed E-state index contributed by atoms with van der Waals surface area (Å²) in [5, 5.41) is 7.01. The molecule has 156 valence electrons. The van der Waals surface area contributed by atoms with Gasteiger partial charge in [-0.25, -0.2) is 4.98 Å². The number of aromatic nitrogens is 3. The summed E-state index contributed by atoms with van der Waals surface area (Å²) in [6, 6.07) is 14.0. The molecule has 0 aliphatic rings. The molecule has 1 N–H and O–H groups in total. The number of halogens is 3. The SMILES string of the molecule is CC(C)(C)c1cc(NC(=O)/C=C(/c2ccccc2)C(F)(F)F)n(-c2ccccn2)n1. The molecule has 0 spiro atoms. The molecule has 0 atom stereocenters. The van der Waals surface area contributed by atoms with Crippen LogP contribution < -0.4 is 5.32 Å². The van der Waals surface area contributed by atoms with Crippen LogP contribution in [0, 0.1) is 0 Å². The van der Waals surface area contributed by atoms with Crippen molar-refractivity contribution in [3.05, 3.63) is 78.1 Å². The summed E-state index contributed by atoms with van der Waals surface area (Å²) in [6.45, 7) is 5.84. The average Bonchev–Trinajstić information content (AvgIpc) is 3.11. The van der Waals surface area contributed by atoms with Crippen molar-refractivity contribution in [3.8, 4) is 5.82 Å². The van der Waals surface area contributed by atoms with E-state index in [0.29, 0.717) is 17.6 Å². The van der Waals surface area contributed by atoms with E-state index in [1.54, 1.807) is 36.5 Å². The normalized spacial score (nSPS) is 12.7. The van der Waals surface area contributed by atoms with E-state index >= 15 is 0 Å². The fourth-order valence-electron chi connectivity index (χ4n) is 2.73. The minimum absolute atomic E-state index is 0.0891. The Kier molecular flexibility index (Phi) is 5.78. The van der Waals surface area contributed by atoms with Crippen LogP contribution in [0.2, 0.25) is 0 Å². The molecule has 30 heavy (non-hydrogen) atoms. The van der Waals surface area contributed by atoms with Crippen molar-refractivity contribution in [1.29, 1.82) is 0 Å². The highest BCUT2D eigenvalue weighted by Gasteiger charge is 2.35. The third kappa shape index (κ3) is 4.94. The Hall–Kier alpha value is -3.42. The molecule has 5 nitrogen and oxygen atoms in total. The average molecular weight is 414 g/mol. The summed E-state index contributed by atoms with van der Waals surface area (Å²) >= 11 is 0. The number of carbonyl (C=O) groups is 1. The van der Waals surface area contributed by atoms with E-state index in [4.69, 9.17) is 0 Å². The highest BCUT2D eigenvalue weighted by atomic mass is 19.4. The first kappa shape index (κ1) is 21.3. The summed E-state index contributed by atoms with van der Waals surface area (Å²) in [4.78, 5) is 16.8. The summed E-state index contributed by atoms with van der Waals surface area (Å²) in [5.41, 5.74) is -0.794. The van der Waals surface area contributed by atoms with Crippen LogP contribution in [0.4, 0.5) is 19.0 Å². The second-order valence-corrected chi connectivity index (χ2v) is 7.68. The monoisotopic (exact) mass is 414 g/mol. The number of allylic oxidation sites excluding steroid dienone is 1. The van der Waals surface area contributed by atoms with Crippen LogP contribution in [0.1, 0.15) is 32.0 Å². The van der Waals surface area contributed by atoms with E-state index in [-0.39, 0.29) is 16.8 Å². The molecule has 0 unspecified atom stereocenters. The Morgan fingerprint density at radius 3 is 2.27 bits per heavy atom. The Bertz CT molecular complexity index is 1050. The van der Waals surface area contributed by atoms with Crippen LogP contribution in [-0.4, -0.2) is 26.8 Å². The van der Waals surface area contributed by atoms with Crippen LogP contribution in [0.5, 0.6) is 0 Å². The van der Waals surface area contributed by atoms with Crippen LogP contribution in [-0.2, 0) is 10.2 Å². The number of nitrogens with zero attached hydrogens (tertiary/aromatic N) is 3. The lowest BCUT2D eigenvalue weighted by molar-refractivity contribution is -0.112. The summed E-state index contributed by atoms with van der Waals surface area (Å²) in [7, 11) is 0. The Morgan fingerprint density at radius 2 is 1.70 bits per heavy atom. The van der Waals surface area contributed by atoms with E-state index in [0.717, 1.165) is 0 Å². The van der Waals surface area contributed by atoms with Crippen molar-refractivity contribution in [3.63, 3.8) is 0 Å². The Labute approximate surface area is 172 Å². The standard InChI is InChI=1S/C22H21F3N4O/c1-21(2,3)17-14-19(29(28-17)18-11-7-8-12-26-18)27-20(30)13-16(22(23,24)25)15-9-5-4-6-10-15/h4-14H,1-3H3,(H,27,30)/b16-13-. The topological polar surface area (TPSA) is 59.8 Å². The van der Waals surface area contributed by atoms with Gasteiger partial charge >= 0.3 is 6.18 Å². The van der Waals surface area contributed by atoms with Crippen LogP contribution >= 0.6 is 0 Å². The van der Waals surface area contributed by atoms with E-state index in [1.807, 2.05) is 20.8 Å². The molecule has 0 saturated carbocycles. The van der Waals surface area contributed by atoms with Gasteiger partial charge in [-0.1, -0.05) is 57.2 Å². The first-order valence-corrected chi connectivity index (χ1v) is 9.23.